The molecule has 0 radical (unpaired) electrons. The van der Waals surface area contributed by atoms with Gasteiger partial charge in [0, 0.05) is 0 Å². The molecule has 0 fully saturated rings. The summed E-state index contributed by atoms with van der Waals surface area (Å²) in [6.45, 7) is 0. The van der Waals surface area contributed by atoms with Crippen molar-refractivity contribution in [3.05, 3.63) is 63.1 Å². The third-order valence-corrected chi connectivity index (χ3v) is 4.54. The quantitative estimate of drug-likeness (QED) is 0.194. The lowest BCUT2D eigenvalue weighted by atomic mass is 10.1. The van der Waals surface area contributed by atoms with Gasteiger partial charge in [-0.05, 0) is 42.5 Å². The molecule has 0 bridgehead atoms. The zero-order valence-corrected chi connectivity index (χ0v) is 17.6. The van der Waals surface area contributed by atoms with Crippen molar-refractivity contribution in [2.45, 2.75) is 12.4 Å². The number of hydrogen-bond donors (Lipinski definition) is 2. The maximum atomic E-state index is 13.0. The van der Waals surface area contributed by atoms with E-state index >= 15 is 0 Å². The predicted octanol–water partition coefficient (Wildman–Crippen LogP) is 7.27. The molecule has 0 atom stereocenters. The van der Waals surface area contributed by atoms with Gasteiger partial charge in [0.05, 0.1) is 29.6 Å². The third kappa shape index (κ3) is 7.12. The van der Waals surface area contributed by atoms with Crippen molar-refractivity contribution in [2.24, 2.45) is 4.99 Å². The molecule has 2 N–H and O–H groups in total. The van der Waals surface area contributed by atoms with Gasteiger partial charge in [0.2, 0.25) is 0 Å². The van der Waals surface area contributed by atoms with Gasteiger partial charge in [-0.25, -0.2) is 4.99 Å². The van der Waals surface area contributed by atoms with Crippen molar-refractivity contribution in [1.29, 1.82) is 0 Å². The van der Waals surface area contributed by atoms with E-state index in [1.165, 1.54) is 19.2 Å². The summed E-state index contributed by atoms with van der Waals surface area (Å²) in [5.74, 6) is 0.255. The van der Waals surface area contributed by atoms with E-state index in [-0.39, 0.29) is 16.9 Å². The lowest BCUT2D eigenvalue weighted by Gasteiger charge is -2.17. The number of hydrazine groups is 1. The summed E-state index contributed by atoms with van der Waals surface area (Å²) >= 11 is 17.2. The number of anilines is 1. The summed E-state index contributed by atoms with van der Waals surface area (Å²) in [5, 5.41) is -0.338. The molecule has 0 saturated carbocycles. The summed E-state index contributed by atoms with van der Waals surface area (Å²) in [4.78, 5) is 4.10. The van der Waals surface area contributed by atoms with Crippen LogP contribution in [0.3, 0.4) is 0 Å². The van der Waals surface area contributed by atoms with Crippen LogP contribution in [0.2, 0.25) is 0 Å². The Hall–Kier alpha value is -2.30. The fourth-order valence-corrected chi connectivity index (χ4v) is 2.43. The fourth-order valence-electron chi connectivity index (χ4n) is 2.17. The van der Waals surface area contributed by atoms with Gasteiger partial charge >= 0.3 is 12.4 Å². The number of benzene rings is 2. The van der Waals surface area contributed by atoms with Gasteiger partial charge in [0.1, 0.15) is 15.3 Å². The molecule has 168 valence electrons. The van der Waals surface area contributed by atoms with Gasteiger partial charge in [-0.2, -0.15) is 26.3 Å². The number of nitrogens with zero attached hydrogens (tertiary/aromatic N) is 1. The molecule has 0 amide bonds. The third-order valence-electron chi connectivity index (χ3n) is 3.60. The Morgan fingerprint density at radius 1 is 0.871 bits per heavy atom. The normalized spacial score (nSPS) is 12.4. The van der Waals surface area contributed by atoms with E-state index in [1.54, 1.807) is 12.1 Å². The van der Waals surface area contributed by atoms with Crippen LogP contribution >= 0.6 is 34.8 Å². The molecular formula is C18H12Cl3F6N3O. The molecule has 2 aromatic rings. The summed E-state index contributed by atoms with van der Waals surface area (Å²) in [7, 11) is 1.45. The van der Waals surface area contributed by atoms with E-state index in [0.717, 1.165) is 0 Å². The Labute approximate surface area is 187 Å². The minimum absolute atomic E-state index is 0.0000480. The van der Waals surface area contributed by atoms with Crippen LogP contribution in [0.15, 0.2) is 57.0 Å². The van der Waals surface area contributed by atoms with Crippen LogP contribution in [-0.2, 0) is 12.4 Å². The highest BCUT2D eigenvalue weighted by molar-refractivity contribution is 6.62. The lowest BCUT2D eigenvalue weighted by Crippen LogP contribution is -2.30. The van der Waals surface area contributed by atoms with Crippen molar-refractivity contribution in [1.82, 2.24) is 5.43 Å². The van der Waals surface area contributed by atoms with E-state index in [0.29, 0.717) is 23.6 Å². The molecular weight excluding hydrogens is 495 g/mol. The van der Waals surface area contributed by atoms with Crippen LogP contribution in [0.5, 0.6) is 5.75 Å². The highest BCUT2D eigenvalue weighted by atomic mass is 35.5. The van der Waals surface area contributed by atoms with Crippen LogP contribution in [0, 0.1) is 0 Å². The molecule has 0 spiro atoms. The summed E-state index contributed by atoms with van der Waals surface area (Å²) in [5.41, 5.74) is 1.28. The Balaban J connectivity index is 2.40. The van der Waals surface area contributed by atoms with Crippen molar-refractivity contribution in [3.8, 4) is 5.75 Å². The number of halogens is 9. The first-order valence-corrected chi connectivity index (χ1v) is 9.20. The molecule has 0 aliphatic carbocycles. The Bertz CT molecular complexity index is 952. The molecule has 0 aromatic heterocycles. The molecule has 2 rings (SSSR count). The SMILES string of the molecule is COc1ccc(N=C(NNc2cc(C(F)(F)F)cc(C(F)(F)F)c2)C(Cl)=C(Cl)Cl)cc1. The Morgan fingerprint density at radius 2 is 1.39 bits per heavy atom. The van der Waals surface area contributed by atoms with Crippen LogP contribution < -0.4 is 15.6 Å². The van der Waals surface area contributed by atoms with Crippen molar-refractivity contribution < 1.29 is 31.1 Å². The summed E-state index contributed by atoms with van der Waals surface area (Å²) in [6.07, 6.45) is -10.0. The van der Waals surface area contributed by atoms with Crippen molar-refractivity contribution in [3.63, 3.8) is 0 Å². The van der Waals surface area contributed by atoms with Gasteiger partial charge in [-0.15, -0.1) is 0 Å². The molecule has 4 nitrogen and oxygen atoms in total. The number of aliphatic imine (C=N–C) groups is 1. The maximum Gasteiger partial charge on any atom is 0.416 e. The van der Waals surface area contributed by atoms with Gasteiger partial charge in [0.15, 0.2) is 5.84 Å². The van der Waals surface area contributed by atoms with Crippen molar-refractivity contribution >= 4 is 52.0 Å². The topological polar surface area (TPSA) is 45.6 Å². The van der Waals surface area contributed by atoms with E-state index in [1.807, 2.05) is 0 Å². The average Bonchev–Trinajstić information content (AvgIpc) is 2.69. The largest absolute Gasteiger partial charge is 0.497 e. The van der Waals surface area contributed by atoms with Crippen LogP contribution in [0.1, 0.15) is 11.1 Å². The molecule has 31 heavy (non-hydrogen) atoms. The highest BCUT2D eigenvalue weighted by Crippen LogP contribution is 2.37. The minimum atomic E-state index is -5.01. The number of amidine groups is 1. The second-order valence-corrected chi connectivity index (χ2v) is 7.10. The number of alkyl halides is 6. The summed E-state index contributed by atoms with van der Waals surface area (Å²) < 4.78 is 82.6. The van der Waals surface area contributed by atoms with Gasteiger partial charge in [0.25, 0.3) is 0 Å². The van der Waals surface area contributed by atoms with E-state index in [4.69, 9.17) is 39.5 Å². The Morgan fingerprint density at radius 3 is 1.81 bits per heavy atom. The first kappa shape index (κ1) is 25.0. The second kappa shape index (κ2) is 9.88. The number of hydrogen-bond acceptors (Lipinski definition) is 3. The lowest BCUT2D eigenvalue weighted by molar-refractivity contribution is -0.143. The van der Waals surface area contributed by atoms with Crippen LogP contribution in [-0.4, -0.2) is 12.9 Å². The van der Waals surface area contributed by atoms with Crippen LogP contribution in [0.4, 0.5) is 37.7 Å². The molecule has 0 aliphatic heterocycles. The van der Waals surface area contributed by atoms with E-state index in [9.17, 15) is 26.3 Å². The highest BCUT2D eigenvalue weighted by Gasteiger charge is 2.37. The first-order chi connectivity index (χ1) is 14.3. The number of methoxy groups -OCH3 is 1. The number of ether oxygens (including phenoxy) is 1. The standard InChI is InChI=1S/C18H12Cl3F6N3O/c1-31-13-4-2-11(3-5-13)28-16(14(19)15(20)21)30-29-12-7-9(17(22,23)24)6-10(8-12)18(25,26)27/h2-8,29H,1H3,(H,28,30). The molecule has 0 unspecified atom stereocenters. The first-order valence-electron chi connectivity index (χ1n) is 8.06. The number of nitrogens with one attached hydrogen (secondary N) is 2. The molecule has 2 aromatic carbocycles. The van der Waals surface area contributed by atoms with Crippen LogP contribution in [0.25, 0.3) is 0 Å². The summed E-state index contributed by atoms with van der Waals surface area (Å²) in [6, 6.07) is 7.11. The predicted molar refractivity (Wildman–Crippen MR) is 108 cm³/mol. The Kier molecular flexibility index (Phi) is 7.96. The molecule has 0 saturated heterocycles. The van der Waals surface area contributed by atoms with E-state index < -0.39 is 33.7 Å². The minimum Gasteiger partial charge on any atom is -0.497 e. The van der Waals surface area contributed by atoms with E-state index in [2.05, 4.69) is 15.8 Å². The monoisotopic (exact) mass is 505 g/mol. The van der Waals surface area contributed by atoms with Gasteiger partial charge < -0.3 is 4.74 Å². The van der Waals surface area contributed by atoms with Crippen molar-refractivity contribution in [2.75, 3.05) is 12.5 Å². The molecule has 13 heteroatoms. The number of rotatable bonds is 5. The second-order valence-electron chi connectivity index (χ2n) is 5.78. The zero-order chi connectivity index (χ0) is 23.4. The fraction of sp³-hybridized carbons (Fsp3) is 0.167. The molecule has 0 heterocycles. The average molecular weight is 507 g/mol. The zero-order valence-electron chi connectivity index (χ0n) is 15.3. The van der Waals surface area contributed by atoms with Gasteiger partial charge in [-0.1, -0.05) is 34.8 Å². The smallest absolute Gasteiger partial charge is 0.416 e. The molecule has 0 aliphatic rings. The maximum absolute atomic E-state index is 13.0. The van der Waals surface area contributed by atoms with Gasteiger partial charge in [-0.3, -0.25) is 10.9 Å².